The maximum atomic E-state index is 11.9. The average Bonchev–Trinajstić information content (AvgIpc) is 2.87. The van der Waals surface area contributed by atoms with Crippen LogP contribution in [0.5, 0.6) is 0 Å². The molecule has 1 fully saturated rings. The first-order valence-corrected chi connectivity index (χ1v) is 6.88. The fourth-order valence-electron chi connectivity index (χ4n) is 2.72. The smallest absolute Gasteiger partial charge is 0.315 e. The molecule has 0 saturated heterocycles. The highest BCUT2D eigenvalue weighted by Gasteiger charge is 2.36. The van der Waals surface area contributed by atoms with E-state index in [-0.39, 0.29) is 11.6 Å². The van der Waals surface area contributed by atoms with Gasteiger partial charge in [-0.1, -0.05) is 50.1 Å². The van der Waals surface area contributed by atoms with E-state index in [1.807, 2.05) is 18.2 Å². The zero-order valence-corrected chi connectivity index (χ0v) is 11.0. The molecule has 0 heterocycles. The van der Waals surface area contributed by atoms with E-state index in [4.69, 9.17) is 0 Å². The quantitative estimate of drug-likeness (QED) is 0.841. The molecule has 1 aromatic carbocycles. The molecule has 3 nitrogen and oxygen atoms in total. The molecule has 2 rings (SSSR count). The number of hydrogen-bond donors (Lipinski definition) is 2. The van der Waals surface area contributed by atoms with Gasteiger partial charge in [0.2, 0.25) is 0 Å². The van der Waals surface area contributed by atoms with Crippen molar-refractivity contribution in [2.24, 2.45) is 0 Å². The summed E-state index contributed by atoms with van der Waals surface area (Å²) in [6, 6.07) is 10.3. The van der Waals surface area contributed by atoms with E-state index in [9.17, 15) is 4.79 Å². The molecule has 1 aliphatic carbocycles. The van der Waals surface area contributed by atoms with E-state index in [0.717, 1.165) is 25.8 Å². The molecule has 0 radical (unpaired) electrons. The molecule has 0 spiro atoms. The summed E-state index contributed by atoms with van der Waals surface area (Å²) in [7, 11) is 0. The maximum absolute atomic E-state index is 11.9. The number of hydrogen-bond acceptors (Lipinski definition) is 1. The Morgan fingerprint density at radius 3 is 2.50 bits per heavy atom. The third-order valence-corrected chi connectivity index (χ3v) is 3.67. The summed E-state index contributed by atoms with van der Waals surface area (Å²) in [5.74, 6) is 0. The molecule has 0 bridgehead atoms. The standard InChI is InChI=1S/C15H22N2O/c1-2-12-16-14(18)17-15(10-6-7-11-15)13-8-4-3-5-9-13/h3-5,8-9H,2,6-7,10-12H2,1H3,(H2,16,17,18). The fourth-order valence-corrected chi connectivity index (χ4v) is 2.72. The Kier molecular flexibility index (Phi) is 4.24. The fraction of sp³-hybridized carbons (Fsp3) is 0.533. The van der Waals surface area contributed by atoms with Gasteiger partial charge >= 0.3 is 6.03 Å². The van der Waals surface area contributed by atoms with Crippen LogP contribution in [0.2, 0.25) is 0 Å². The van der Waals surface area contributed by atoms with Crippen molar-refractivity contribution in [3.05, 3.63) is 35.9 Å². The van der Waals surface area contributed by atoms with Crippen molar-refractivity contribution in [2.45, 2.75) is 44.6 Å². The van der Waals surface area contributed by atoms with E-state index in [1.165, 1.54) is 18.4 Å². The van der Waals surface area contributed by atoms with Gasteiger partial charge in [-0.05, 0) is 24.8 Å². The van der Waals surface area contributed by atoms with Crippen LogP contribution in [0, 0.1) is 0 Å². The summed E-state index contributed by atoms with van der Waals surface area (Å²) in [6.45, 7) is 2.79. The number of urea groups is 1. The van der Waals surface area contributed by atoms with Crippen LogP contribution >= 0.6 is 0 Å². The first-order chi connectivity index (χ1) is 8.77. The summed E-state index contributed by atoms with van der Waals surface area (Å²) < 4.78 is 0. The molecule has 2 amide bonds. The second kappa shape index (κ2) is 5.89. The van der Waals surface area contributed by atoms with Crippen LogP contribution in [0.4, 0.5) is 4.79 Å². The Hall–Kier alpha value is -1.51. The molecule has 0 aromatic heterocycles. The molecule has 0 unspecified atom stereocenters. The second-order valence-corrected chi connectivity index (χ2v) is 5.04. The first kappa shape index (κ1) is 12.9. The van der Waals surface area contributed by atoms with Crippen molar-refractivity contribution >= 4 is 6.03 Å². The maximum Gasteiger partial charge on any atom is 0.315 e. The van der Waals surface area contributed by atoms with Gasteiger partial charge in [0.15, 0.2) is 0 Å². The normalized spacial score (nSPS) is 17.4. The minimum atomic E-state index is -0.154. The summed E-state index contributed by atoms with van der Waals surface area (Å²) in [5.41, 5.74) is 1.08. The van der Waals surface area contributed by atoms with Gasteiger partial charge in [-0.15, -0.1) is 0 Å². The van der Waals surface area contributed by atoms with Crippen molar-refractivity contribution in [2.75, 3.05) is 6.54 Å². The first-order valence-electron chi connectivity index (χ1n) is 6.88. The third kappa shape index (κ3) is 2.84. The Balaban J connectivity index is 2.10. The molecule has 18 heavy (non-hydrogen) atoms. The van der Waals surface area contributed by atoms with Crippen LogP contribution in [0.1, 0.15) is 44.6 Å². The molecule has 2 N–H and O–H groups in total. The minimum absolute atomic E-state index is 0.0393. The molecule has 0 atom stereocenters. The largest absolute Gasteiger partial charge is 0.338 e. The van der Waals surface area contributed by atoms with Crippen LogP contribution in [0.25, 0.3) is 0 Å². The van der Waals surface area contributed by atoms with Gasteiger partial charge in [-0.25, -0.2) is 4.79 Å². The lowest BCUT2D eigenvalue weighted by Gasteiger charge is -2.31. The van der Waals surface area contributed by atoms with Gasteiger partial charge in [0.1, 0.15) is 0 Å². The minimum Gasteiger partial charge on any atom is -0.338 e. The van der Waals surface area contributed by atoms with Gasteiger partial charge in [0, 0.05) is 6.54 Å². The highest BCUT2D eigenvalue weighted by Crippen LogP contribution is 2.38. The van der Waals surface area contributed by atoms with Gasteiger partial charge in [0.05, 0.1) is 5.54 Å². The van der Waals surface area contributed by atoms with Crippen molar-refractivity contribution in [1.29, 1.82) is 0 Å². The predicted octanol–water partition coefficient (Wildman–Crippen LogP) is 3.17. The topological polar surface area (TPSA) is 41.1 Å². The molecule has 98 valence electrons. The monoisotopic (exact) mass is 246 g/mol. The van der Waals surface area contributed by atoms with Crippen LogP contribution in [0.3, 0.4) is 0 Å². The third-order valence-electron chi connectivity index (χ3n) is 3.67. The SMILES string of the molecule is CCCNC(=O)NC1(c2ccccc2)CCCC1. The van der Waals surface area contributed by atoms with E-state index in [2.05, 4.69) is 29.7 Å². The Labute approximate surface area is 109 Å². The molecule has 3 heteroatoms. The molecule has 1 saturated carbocycles. The lowest BCUT2D eigenvalue weighted by atomic mass is 9.88. The van der Waals surface area contributed by atoms with Crippen molar-refractivity contribution in [1.82, 2.24) is 10.6 Å². The molecular weight excluding hydrogens is 224 g/mol. The van der Waals surface area contributed by atoms with Crippen molar-refractivity contribution in [3.63, 3.8) is 0 Å². The Bertz CT molecular complexity index is 383. The highest BCUT2D eigenvalue weighted by molar-refractivity contribution is 5.75. The van der Waals surface area contributed by atoms with Gasteiger partial charge in [-0.2, -0.15) is 0 Å². The van der Waals surface area contributed by atoms with Crippen molar-refractivity contribution < 1.29 is 4.79 Å². The van der Waals surface area contributed by atoms with Crippen LogP contribution < -0.4 is 10.6 Å². The number of nitrogens with one attached hydrogen (secondary N) is 2. The zero-order valence-electron chi connectivity index (χ0n) is 11.0. The Morgan fingerprint density at radius 2 is 1.89 bits per heavy atom. The lowest BCUT2D eigenvalue weighted by Crippen LogP contribution is -2.48. The van der Waals surface area contributed by atoms with E-state index in [0.29, 0.717) is 0 Å². The van der Waals surface area contributed by atoms with Crippen LogP contribution in [0.15, 0.2) is 30.3 Å². The summed E-state index contributed by atoms with van der Waals surface area (Å²) in [6.07, 6.45) is 5.41. The Morgan fingerprint density at radius 1 is 1.22 bits per heavy atom. The molecule has 0 aliphatic heterocycles. The predicted molar refractivity (Wildman–Crippen MR) is 73.4 cm³/mol. The van der Waals surface area contributed by atoms with Gasteiger partial charge in [-0.3, -0.25) is 0 Å². The van der Waals surface area contributed by atoms with Gasteiger partial charge < -0.3 is 10.6 Å². The molecular formula is C15H22N2O. The number of benzene rings is 1. The van der Waals surface area contributed by atoms with E-state index < -0.39 is 0 Å². The van der Waals surface area contributed by atoms with Gasteiger partial charge in [0.25, 0.3) is 0 Å². The van der Waals surface area contributed by atoms with E-state index >= 15 is 0 Å². The van der Waals surface area contributed by atoms with Crippen LogP contribution in [-0.2, 0) is 5.54 Å². The second-order valence-electron chi connectivity index (χ2n) is 5.04. The number of carbonyl (C=O) groups is 1. The van der Waals surface area contributed by atoms with Crippen molar-refractivity contribution in [3.8, 4) is 0 Å². The number of rotatable bonds is 4. The summed E-state index contributed by atoms with van der Waals surface area (Å²) >= 11 is 0. The summed E-state index contributed by atoms with van der Waals surface area (Å²) in [4.78, 5) is 11.9. The number of carbonyl (C=O) groups excluding carboxylic acids is 1. The van der Waals surface area contributed by atoms with E-state index in [1.54, 1.807) is 0 Å². The highest BCUT2D eigenvalue weighted by atomic mass is 16.2. The summed E-state index contributed by atoms with van der Waals surface area (Å²) in [5, 5.41) is 6.10. The zero-order chi connectivity index (χ0) is 12.8. The van der Waals surface area contributed by atoms with Crippen LogP contribution in [-0.4, -0.2) is 12.6 Å². The average molecular weight is 246 g/mol. The lowest BCUT2D eigenvalue weighted by molar-refractivity contribution is 0.224. The molecule has 1 aliphatic rings. The number of amides is 2. The molecule has 1 aromatic rings.